The van der Waals surface area contributed by atoms with E-state index in [-0.39, 0.29) is 5.91 Å². The highest BCUT2D eigenvalue weighted by Gasteiger charge is 2.06. The number of amides is 1. The number of carbonyl (C=O) groups is 1. The summed E-state index contributed by atoms with van der Waals surface area (Å²) in [5, 5.41) is 2.94. The van der Waals surface area contributed by atoms with E-state index in [0.29, 0.717) is 18.7 Å². The van der Waals surface area contributed by atoms with Gasteiger partial charge < -0.3 is 14.5 Å². The molecule has 148 valence electrons. The predicted molar refractivity (Wildman–Crippen MR) is 114 cm³/mol. The van der Waals surface area contributed by atoms with Gasteiger partial charge in [0.15, 0.2) is 0 Å². The summed E-state index contributed by atoms with van der Waals surface area (Å²) in [6.45, 7) is 4.28. The molecule has 0 atom stereocenters. The number of fused-ring (bicyclic) bond motifs is 1. The van der Waals surface area contributed by atoms with E-state index in [4.69, 9.17) is 4.74 Å². The lowest BCUT2D eigenvalue weighted by Gasteiger charge is -2.07. The van der Waals surface area contributed by atoms with Gasteiger partial charge in [-0.2, -0.15) is 0 Å². The summed E-state index contributed by atoms with van der Waals surface area (Å²) >= 11 is 1.72. The zero-order valence-electron chi connectivity index (χ0n) is 16.3. The lowest BCUT2D eigenvalue weighted by atomic mass is 10.2. The lowest BCUT2D eigenvalue weighted by molar-refractivity contribution is 0.0940. The third kappa shape index (κ3) is 6.11. The van der Waals surface area contributed by atoms with Crippen molar-refractivity contribution < 1.29 is 9.53 Å². The van der Waals surface area contributed by atoms with E-state index in [9.17, 15) is 4.79 Å². The number of hydrogen-bond donors (Lipinski definition) is 1. The maximum Gasteiger partial charge on any atom is 0.251 e. The van der Waals surface area contributed by atoms with Crippen LogP contribution < -0.4 is 5.32 Å². The number of hydrogen-bond acceptors (Lipinski definition) is 4. The molecule has 1 N–H and O–H groups in total. The van der Waals surface area contributed by atoms with Gasteiger partial charge in [-0.3, -0.25) is 4.79 Å². The van der Waals surface area contributed by atoms with Gasteiger partial charge in [-0.1, -0.05) is 19.4 Å². The SMILES string of the molecule is CCCCOCCCNC(=O)c1ccc(SCc2cn3ccccc3n2)cc1. The first-order valence-corrected chi connectivity index (χ1v) is 10.8. The van der Waals surface area contributed by atoms with Crippen molar-refractivity contribution in [3.05, 3.63) is 66.1 Å². The number of imidazole rings is 1. The minimum atomic E-state index is -0.0366. The highest BCUT2D eigenvalue weighted by Crippen LogP contribution is 2.23. The molecule has 6 heteroatoms. The van der Waals surface area contributed by atoms with Crippen LogP contribution in [0.25, 0.3) is 5.65 Å². The minimum Gasteiger partial charge on any atom is -0.381 e. The van der Waals surface area contributed by atoms with Gasteiger partial charge >= 0.3 is 0 Å². The molecule has 1 amide bonds. The Hall–Kier alpha value is -2.31. The molecule has 1 aromatic carbocycles. The number of pyridine rings is 1. The summed E-state index contributed by atoms with van der Waals surface area (Å²) in [5.74, 6) is 0.760. The Morgan fingerprint density at radius 2 is 1.96 bits per heavy atom. The summed E-state index contributed by atoms with van der Waals surface area (Å²) in [4.78, 5) is 17.9. The molecule has 2 heterocycles. The predicted octanol–water partition coefficient (Wildman–Crippen LogP) is 4.56. The molecule has 28 heavy (non-hydrogen) atoms. The summed E-state index contributed by atoms with van der Waals surface area (Å²) in [6.07, 6.45) is 7.12. The van der Waals surface area contributed by atoms with Crippen LogP contribution in [-0.4, -0.2) is 35.1 Å². The van der Waals surface area contributed by atoms with Crippen molar-refractivity contribution in [2.24, 2.45) is 0 Å². The largest absolute Gasteiger partial charge is 0.381 e. The smallest absolute Gasteiger partial charge is 0.251 e. The molecule has 2 aromatic heterocycles. The van der Waals surface area contributed by atoms with Gasteiger partial charge in [0.05, 0.1) is 5.69 Å². The zero-order valence-corrected chi connectivity index (χ0v) is 17.1. The lowest BCUT2D eigenvalue weighted by Crippen LogP contribution is -2.25. The Labute approximate surface area is 170 Å². The number of ether oxygens (including phenoxy) is 1. The Bertz CT molecular complexity index is 844. The highest BCUT2D eigenvalue weighted by molar-refractivity contribution is 7.98. The Morgan fingerprint density at radius 3 is 2.75 bits per heavy atom. The van der Waals surface area contributed by atoms with Crippen LogP contribution in [-0.2, 0) is 10.5 Å². The number of thioether (sulfide) groups is 1. The van der Waals surface area contributed by atoms with E-state index >= 15 is 0 Å². The number of carbonyl (C=O) groups excluding carboxylic acids is 1. The monoisotopic (exact) mass is 397 g/mol. The van der Waals surface area contributed by atoms with Gasteiger partial charge in [-0.05, 0) is 49.2 Å². The summed E-state index contributed by atoms with van der Waals surface area (Å²) < 4.78 is 7.53. The van der Waals surface area contributed by atoms with Gasteiger partial charge in [0.2, 0.25) is 0 Å². The maximum absolute atomic E-state index is 12.2. The van der Waals surface area contributed by atoms with Crippen LogP contribution in [0.5, 0.6) is 0 Å². The molecule has 0 fully saturated rings. The van der Waals surface area contributed by atoms with Gasteiger partial charge in [0, 0.05) is 48.4 Å². The van der Waals surface area contributed by atoms with E-state index < -0.39 is 0 Å². The van der Waals surface area contributed by atoms with Crippen molar-refractivity contribution in [1.29, 1.82) is 0 Å². The van der Waals surface area contributed by atoms with Crippen molar-refractivity contribution >= 4 is 23.3 Å². The number of rotatable bonds is 11. The number of aromatic nitrogens is 2. The molecule has 5 nitrogen and oxygen atoms in total. The Kier molecular flexibility index (Phi) is 7.94. The Balaban J connectivity index is 1.40. The standard InChI is InChI=1S/C22H27N3O2S/c1-2-3-14-27-15-6-12-23-22(26)18-8-10-20(11-9-18)28-17-19-16-25-13-5-4-7-21(25)24-19/h4-5,7-11,13,16H,2-3,6,12,14-15,17H2,1H3,(H,23,26). The average Bonchev–Trinajstić information content (AvgIpc) is 3.15. The molecule has 0 aliphatic carbocycles. The van der Waals surface area contributed by atoms with Gasteiger partial charge in [0.25, 0.3) is 5.91 Å². The molecule has 3 aromatic rings. The fraction of sp³-hybridized carbons (Fsp3) is 0.364. The van der Waals surface area contributed by atoms with E-state index in [1.54, 1.807) is 11.8 Å². The van der Waals surface area contributed by atoms with E-state index in [1.165, 1.54) is 0 Å². The number of nitrogens with one attached hydrogen (secondary N) is 1. The first kappa shape index (κ1) is 20.4. The molecular formula is C22H27N3O2S. The fourth-order valence-electron chi connectivity index (χ4n) is 2.74. The van der Waals surface area contributed by atoms with Crippen molar-refractivity contribution in [1.82, 2.24) is 14.7 Å². The molecule has 0 aliphatic rings. The fourth-order valence-corrected chi connectivity index (χ4v) is 3.53. The van der Waals surface area contributed by atoms with Crippen LogP contribution in [0.3, 0.4) is 0 Å². The third-order valence-corrected chi connectivity index (χ3v) is 5.36. The van der Waals surface area contributed by atoms with E-state index in [2.05, 4.69) is 23.4 Å². The third-order valence-electron chi connectivity index (χ3n) is 4.31. The van der Waals surface area contributed by atoms with E-state index in [0.717, 1.165) is 47.9 Å². The van der Waals surface area contributed by atoms with Gasteiger partial charge in [0.1, 0.15) is 5.65 Å². The van der Waals surface area contributed by atoms with Crippen molar-refractivity contribution in [2.45, 2.75) is 36.8 Å². The summed E-state index contributed by atoms with van der Waals surface area (Å²) in [7, 11) is 0. The molecule has 0 spiro atoms. The van der Waals surface area contributed by atoms with Crippen LogP contribution in [0.1, 0.15) is 42.2 Å². The molecule has 0 aliphatic heterocycles. The van der Waals surface area contributed by atoms with Crippen molar-refractivity contribution in [3.8, 4) is 0 Å². The zero-order chi connectivity index (χ0) is 19.6. The maximum atomic E-state index is 12.2. The number of benzene rings is 1. The van der Waals surface area contributed by atoms with Crippen LogP contribution in [0.15, 0.2) is 59.8 Å². The Morgan fingerprint density at radius 1 is 1.14 bits per heavy atom. The first-order chi connectivity index (χ1) is 13.8. The second-order valence-corrected chi connectivity index (χ2v) is 7.64. The normalized spacial score (nSPS) is 11.0. The van der Waals surface area contributed by atoms with Crippen LogP contribution in [0.4, 0.5) is 0 Å². The van der Waals surface area contributed by atoms with Crippen molar-refractivity contribution in [2.75, 3.05) is 19.8 Å². The summed E-state index contributed by atoms with van der Waals surface area (Å²) in [5.41, 5.74) is 2.68. The average molecular weight is 398 g/mol. The van der Waals surface area contributed by atoms with Gasteiger partial charge in [-0.15, -0.1) is 11.8 Å². The number of nitrogens with zero attached hydrogens (tertiary/aromatic N) is 2. The molecule has 0 unspecified atom stereocenters. The van der Waals surface area contributed by atoms with Crippen LogP contribution in [0, 0.1) is 0 Å². The molecule has 3 rings (SSSR count). The van der Waals surface area contributed by atoms with Gasteiger partial charge in [-0.25, -0.2) is 4.98 Å². The first-order valence-electron chi connectivity index (χ1n) is 9.77. The summed E-state index contributed by atoms with van der Waals surface area (Å²) in [6, 6.07) is 13.7. The second-order valence-electron chi connectivity index (χ2n) is 6.59. The highest BCUT2D eigenvalue weighted by atomic mass is 32.2. The topological polar surface area (TPSA) is 55.6 Å². The molecule has 0 radical (unpaired) electrons. The molecule has 0 saturated heterocycles. The quantitative estimate of drug-likeness (QED) is 0.381. The van der Waals surface area contributed by atoms with Crippen molar-refractivity contribution in [3.63, 3.8) is 0 Å². The van der Waals surface area contributed by atoms with Crippen LogP contribution in [0.2, 0.25) is 0 Å². The molecule has 0 bridgehead atoms. The van der Waals surface area contributed by atoms with E-state index in [1.807, 2.05) is 53.1 Å². The molecule has 0 saturated carbocycles. The number of unbranched alkanes of at least 4 members (excludes halogenated alkanes) is 1. The minimum absolute atomic E-state index is 0.0366. The van der Waals surface area contributed by atoms with Crippen LogP contribution >= 0.6 is 11.8 Å². The second kappa shape index (κ2) is 10.9. The molecular weight excluding hydrogens is 370 g/mol.